The second-order valence-electron chi connectivity index (χ2n) is 6.29. The number of rotatable bonds is 6. The number of nitrogens with one attached hydrogen (secondary N) is 3. The van der Waals surface area contributed by atoms with Gasteiger partial charge >= 0.3 is 6.09 Å². The van der Waals surface area contributed by atoms with Crippen LogP contribution in [0.1, 0.15) is 21.6 Å². The normalized spacial score (nSPS) is 10.3. The predicted octanol–water partition coefficient (Wildman–Crippen LogP) is 5.28. The molecule has 3 N–H and O–H groups in total. The van der Waals surface area contributed by atoms with Crippen molar-refractivity contribution in [2.45, 2.75) is 6.54 Å². The highest BCUT2D eigenvalue weighted by Gasteiger charge is 2.20. The molecule has 2 amide bonds. The number of carbonyl (C=O) groups excluding carboxylic acids is 2. The van der Waals surface area contributed by atoms with Gasteiger partial charge in [-0.25, -0.2) is 14.2 Å². The van der Waals surface area contributed by atoms with Gasteiger partial charge in [0.05, 0.1) is 23.8 Å². The van der Waals surface area contributed by atoms with Crippen molar-refractivity contribution >= 4 is 52.8 Å². The molecular formula is C20H13Cl3FN5O4. The van der Waals surface area contributed by atoms with Crippen molar-refractivity contribution in [1.82, 2.24) is 15.3 Å². The van der Waals surface area contributed by atoms with Gasteiger partial charge in [-0.1, -0.05) is 40.9 Å². The number of halogens is 4. The summed E-state index contributed by atoms with van der Waals surface area (Å²) in [7, 11) is 1.15. The Morgan fingerprint density at radius 3 is 2.70 bits per heavy atom. The number of nitrogens with zero attached hydrogens (tertiary/aromatic N) is 2. The number of carbonyl (C=O) groups is 2. The van der Waals surface area contributed by atoms with Crippen molar-refractivity contribution in [3.8, 4) is 17.6 Å². The Labute approximate surface area is 201 Å². The quantitative estimate of drug-likeness (QED) is 0.412. The minimum absolute atomic E-state index is 0.0325. The Hall–Kier alpha value is -3.52. The molecule has 9 nitrogen and oxygen atoms in total. The van der Waals surface area contributed by atoms with E-state index in [0.717, 1.165) is 7.11 Å². The Balaban J connectivity index is 1.76. The summed E-state index contributed by atoms with van der Waals surface area (Å²) in [6.45, 7) is -0.264. The highest BCUT2D eigenvalue weighted by atomic mass is 35.5. The van der Waals surface area contributed by atoms with Crippen LogP contribution in [0.5, 0.6) is 11.5 Å². The van der Waals surface area contributed by atoms with E-state index in [2.05, 4.69) is 25.3 Å². The third kappa shape index (κ3) is 5.84. The van der Waals surface area contributed by atoms with Crippen LogP contribution in [0.3, 0.4) is 0 Å². The van der Waals surface area contributed by atoms with Gasteiger partial charge < -0.3 is 19.8 Å². The van der Waals surface area contributed by atoms with Crippen molar-refractivity contribution in [1.29, 1.82) is 5.26 Å². The first-order valence-corrected chi connectivity index (χ1v) is 10.1. The molecule has 0 unspecified atom stereocenters. The Kier molecular flexibility index (Phi) is 7.60. The fourth-order valence-corrected chi connectivity index (χ4v) is 3.20. The van der Waals surface area contributed by atoms with Crippen molar-refractivity contribution in [3.05, 3.63) is 68.2 Å². The van der Waals surface area contributed by atoms with E-state index in [0.29, 0.717) is 0 Å². The number of hydrogen-bond acceptors (Lipinski definition) is 6. The minimum atomic E-state index is -0.831. The standard InChI is InChI=1S/C20H13Cl3FN5O4/c1-32-20(31)29-19-27-15(17(23)28-19)18(30)26-8-10-2-3-13(22)16(14(10)24)33-12-5-9(7-25)4-11(21)6-12/h2-6H,8H2,1H3,(H,26,30)(H2,27,28,29,31). The SMILES string of the molecule is COC(=O)Nc1nc(C(=O)NCc2ccc(Cl)c(Oc3cc(Cl)cc(C#N)c3)c2F)c(Cl)[nH]1. The van der Waals surface area contributed by atoms with Crippen LogP contribution >= 0.6 is 34.8 Å². The zero-order valence-electron chi connectivity index (χ0n) is 16.6. The largest absolute Gasteiger partial charge is 0.453 e. The lowest BCUT2D eigenvalue weighted by atomic mass is 10.2. The van der Waals surface area contributed by atoms with Gasteiger partial charge in [-0.3, -0.25) is 10.1 Å². The summed E-state index contributed by atoms with van der Waals surface area (Å²) >= 11 is 18.0. The first-order chi connectivity index (χ1) is 15.7. The third-order valence-electron chi connectivity index (χ3n) is 4.07. The van der Waals surface area contributed by atoms with Crippen LogP contribution in [0.15, 0.2) is 30.3 Å². The summed E-state index contributed by atoms with van der Waals surface area (Å²) in [5.41, 5.74) is 0.0381. The van der Waals surface area contributed by atoms with Gasteiger partial charge in [-0.15, -0.1) is 0 Å². The number of aromatic amines is 1. The molecule has 33 heavy (non-hydrogen) atoms. The molecule has 1 heterocycles. The molecule has 0 saturated carbocycles. The lowest BCUT2D eigenvalue weighted by Gasteiger charge is -2.13. The summed E-state index contributed by atoms with van der Waals surface area (Å²) in [6, 6.07) is 8.85. The van der Waals surface area contributed by atoms with Crippen molar-refractivity contribution < 1.29 is 23.5 Å². The van der Waals surface area contributed by atoms with Crippen LogP contribution in [0.4, 0.5) is 15.1 Å². The number of imidazole rings is 1. The zero-order valence-corrected chi connectivity index (χ0v) is 18.9. The molecule has 1 aromatic heterocycles. The molecule has 0 aliphatic heterocycles. The molecule has 0 spiro atoms. The summed E-state index contributed by atoms with van der Waals surface area (Å²) in [4.78, 5) is 30.0. The lowest BCUT2D eigenvalue weighted by Crippen LogP contribution is -2.24. The van der Waals surface area contributed by atoms with Gasteiger partial charge in [-0.2, -0.15) is 5.26 Å². The number of hydrogen-bond donors (Lipinski definition) is 3. The number of ether oxygens (including phenoxy) is 2. The van der Waals surface area contributed by atoms with Crippen LogP contribution < -0.4 is 15.4 Å². The lowest BCUT2D eigenvalue weighted by molar-refractivity contribution is 0.0946. The molecule has 0 bridgehead atoms. The fourth-order valence-electron chi connectivity index (χ4n) is 2.58. The van der Waals surface area contributed by atoms with E-state index in [1.807, 2.05) is 6.07 Å². The van der Waals surface area contributed by atoms with Gasteiger partial charge in [0, 0.05) is 17.1 Å². The van der Waals surface area contributed by atoms with Crippen molar-refractivity contribution in [2.75, 3.05) is 12.4 Å². The first kappa shape index (κ1) is 24.1. The summed E-state index contributed by atoms with van der Waals surface area (Å²) in [5, 5.41) is 13.8. The number of nitriles is 1. The van der Waals surface area contributed by atoms with E-state index in [4.69, 9.17) is 44.8 Å². The molecule has 0 aliphatic carbocycles. The van der Waals surface area contributed by atoms with Crippen molar-refractivity contribution in [3.63, 3.8) is 0 Å². The van der Waals surface area contributed by atoms with Crippen LogP contribution in [-0.4, -0.2) is 29.1 Å². The maximum Gasteiger partial charge on any atom is 0.413 e. The molecule has 2 aromatic carbocycles. The van der Waals surface area contributed by atoms with Crippen LogP contribution in [0, 0.1) is 17.1 Å². The van der Waals surface area contributed by atoms with Gasteiger partial charge in [0.15, 0.2) is 17.3 Å². The van der Waals surface area contributed by atoms with Gasteiger partial charge in [-0.05, 0) is 24.3 Å². The molecular weight excluding hydrogens is 500 g/mol. The zero-order chi connectivity index (χ0) is 24.1. The number of aromatic nitrogens is 2. The van der Waals surface area contributed by atoms with E-state index in [-0.39, 0.29) is 56.0 Å². The molecule has 0 saturated heterocycles. The van der Waals surface area contributed by atoms with E-state index >= 15 is 4.39 Å². The second kappa shape index (κ2) is 10.4. The van der Waals surface area contributed by atoms with E-state index in [9.17, 15) is 9.59 Å². The summed E-state index contributed by atoms with van der Waals surface area (Å²) in [5.74, 6) is -1.88. The van der Waals surface area contributed by atoms with E-state index in [1.165, 1.54) is 30.3 Å². The maximum absolute atomic E-state index is 15.1. The Bertz CT molecular complexity index is 1280. The fraction of sp³-hybridized carbons (Fsp3) is 0.100. The third-order valence-corrected chi connectivity index (χ3v) is 4.86. The number of benzene rings is 2. The summed E-state index contributed by atoms with van der Waals surface area (Å²) in [6.07, 6.45) is -0.815. The number of amides is 2. The summed E-state index contributed by atoms with van der Waals surface area (Å²) < 4.78 is 25.0. The smallest absolute Gasteiger partial charge is 0.413 e. The molecule has 0 atom stereocenters. The number of anilines is 1. The predicted molar refractivity (Wildman–Crippen MR) is 118 cm³/mol. The molecule has 3 aromatic rings. The number of methoxy groups -OCH3 is 1. The Morgan fingerprint density at radius 2 is 2.00 bits per heavy atom. The molecule has 3 rings (SSSR count). The molecule has 0 aliphatic rings. The molecule has 13 heteroatoms. The Morgan fingerprint density at radius 1 is 1.24 bits per heavy atom. The van der Waals surface area contributed by atoms with Crippen LogP contribution in [0.25, 0.3) is 0 Å². The second-order valence-corrected chi connectivity index (χ2v) is 7.51. The molecule has 0 fully saturated rings. The average molecular weight is 513 g/mol. The van der Waals surface area contributed by atoms with Gasteiger partial charge in [0.25, 0.3) is 5.91 Å². The highest BCUT2D eigenvalue weighted by Crippen LogP contribution is 2.35. The van der Waals surface area contributed by atoms with Gasteiger partial charge in [0.2, 0.25) is 5.95 Å². The maximum atomic E-state index is 15.1. The van der Waals surface area contributed by atoms with Crippen LogP contribution in [0.2, 0.25) is 15.2 Å². The highest BCUT2D eigenvalue weighted by molar-refractivity contribution is 6.33. The van der Waals surface area contributed by atoms with E-state index < -0.39 is 17.8 Å². The minimum Gasteiger partial charge on any atom is -0.453 e. The first-order valence-electron chi connectivity index (χ1n) is 8.96. The van der Waals surface area contributed by atoms with Gasteiger partial charge in [0.1, 0.15) is 10.9 Å². The monoisotopic (exact) mass is 511 g/mol. The van der Waals surface area contributed by atoms with Crippen LogP contribution in [-0.2, 0) is 11.3 Å². The number of H-pyrrole nitrogens is 1. The van der Waals surface area contributed by atoms with E-state index in [1.54, 1.807) is 0 Å². The molecule has 170 valence electrons. The van der Waals surface area contributed by atoms with Crippen molar-refractivity contribution in [2.24, 2.45) is 0 Å². The molecule has 0 radical (unpaired) electrons. The topological polar surface area (TPSA) is 129 Å². The average Bonchev–Trinajstić information content (AvgIpc) is 3.15.